The van der Waals surface area contributed by atoms with Crippen molar-refractivity contribution in [3.63, 3.8) is 0 Å². The minimum atomic E-state index is -0.342. The average Bonchev–Trinajstić information content (AvgIpc) is 3.27. The van der Waals surface area contributed by atoms with Gasteiger partial charge in [-0.25, -0.2) is 14.4 Å². The zero-order valence-electron chi connectivity index (χ0n) is 14.9. The van der Waals surface area contributed by atoms with Crippen LogP contribution in [0.5, 0.6) is 0 Å². The molecule has 134 valence electrons. The summed E-state index contributed by atoms with van der Waals surface area (Å²) in [7, 11) is 0. The Labute approximate surface area is 151 Å². The first kappa shape index (κ1) is 16.7. The van der Waals surface area contributed by atoms with Gasteiger partial charge in [-0.05, 0) is 50.1 Å². The Morgan fingerprint density at radius 1 is 1.35 bits per heavy atom. The Balaban J connectivity index is 1.59. The van der Waals surface area contributed by atoms with Crippen LogP contribution in [0, 0.1) is 12.7 Å². The van der Waals surface area contributed by atoms with E-state index in [9.17, 15) is 9.18 Å². The quantitative estimate of drug-likeness (QED) is 0.725. The van der Waals surface area contributed by atoms with Gasteiger partial charge in [-0.3, -0.25) is 4.79 Å². The van der Waals surface area contributed by atoms with Crippen molar-refractivity contribution in [3.05, 3.63) is 59.3 Å². The van der Waals surface area contributed by atoms with E-state index in [4.69, 9.17) is 4.98 Å². The van der Waals surface area contributed by atoms with Gasteiger partial charge in [0.1, 0.15) is 17.2 Å². The number of rotatable bonds is 3. The number of halogens is 1. The molecule has 0 saturated carbocycles. The van der Waals surface area contributed by atoms with Crippen LogP contribution >= 0.6 is 0 Å². The van der Waals surface area contributed by atoms with E-state index in [2.05, 4.69) is 16.5 Å². The summed E-state index contributed by atoms with van der Waals surface area (Å²) in [4.78, 5) is 23.7. The minimum absolute atomic E-state index is 0.122. The molecule has 0 bridgehead atoms. The van der Waals surface area contributed by atoms with Gasteiger partial charge in [-0.2, -0.15) is 0 Å². The fourth-order valence-corrected chi connectivity index (χ4v) is 3.66. The molecule has 3 aromatic rings. The van der Waals surface area contributed by atoms with Crippen LogP contribution in [0.2, 0.25) is 0 Å². The summed E-state index contributed by atoms with van der Waals surface area (Å²) in [6.07, 6.45) is 2.62. The highest BCUT2D eigenvalue weighted by atomic mass is 19.1. The molecule has 1 aliphatic rings. The van der Waals surface area contributed by atoms with E-state index >= 15 is 0 Å². The van der Waals surface area contributed by atoms with E-state index < -0.39 is 0 Å². The molecular weight excluding hydrogens is 331 g/mol. The lowest BCUT2D eigenvalue weighted by molar-refractivity contribution is 0.0790. The Morgan fingerprint density at radius 2 is 2.19 bits per heavy atom. The van der Waals surface area contributed by atoms with Crippen LogP contribution in [0.3, 0.4) is 0 Å². The number of pyridine rings is 1. The lowest BCUT2D eigenvalue weighted by Crippen LogP contribution is -2.28. The number of benzene rings is 1. The predicted octanol–water partition coefficient (Wildman–Crippen LogP) is 3.53. The fraction of sp³-hybridized carbons (Fsp3) is 0.350. The Bertz CT molecular complexity index is 981. The molecular formula is C20H21FN4O. The largest absolute Gasteiger partial charge is 0.338 e. The van der Waals surface area contributed by atoms with E-state index in [1.165, 1.54) is 6.07 Å². The van der Waals surface area contributed by atoms with Crippen LogP contribution in [-0.4, -0.2) is 38.4 Å². The third-order valence-electron chi connectivity index (χ3n) is 5.11. The van der Waals surface area contributed by atoms with Crippen molar-refractivity contribution >= 4 is 17.1 Å². The minimum Gasteiger partial charge on any atom is -0.338 e. The van der Waals surface area contributed by atoms with Crippen LogP contribution in [0.15, 0.2) is 36.5 Å². The summed E-state index contributed by atoms with van der Waals surface area (Å²) in [5.41, 5.74) is 2.72. The average molecular weight is 352 g/mol. The Kier molecular flexibility index (Phi) is 4.18. The normalized spacial score (nSPS) is 17.2. The monoisotopic (exact) mass is 352 g/mol. The van der Waals surface area contributed by atoms with Crippen molar-refractivity contribution < 1.29 is 9.18 Å². The second-order valence-electron chi connectivity index (χ2n) is 6.76. The van der Waals surface area contributed by atoms with Crippen molar-refractivity contribution in [1.82, 2.24) is 19.4 Å². The Morgan fingerprint density at radius 3 is 2.96 bits per heavy atom. The maximum atomic E-state index is 13.8. The van der Waals surface area contributed by atoms with E-state index in [0.29, 0.717) is 24.2 Å². The van der Waals surface area contributed by atoms with Gasteiger partial charge < -0.3 is 9.47 Å². The van der Waals surface area contributed by atoms with Gasteiger partial charge in [0.05, 0.1) is 0 Å². The van der Waals surface area contributed by atoms with Crippen molar-refractivity contribution in [2.24, 2.45) is 0 Å². The molecule has 0 N–H and O–H groups in total. The molecule has 4 rings (SSSR count). The van der Waals surface area contributed by atoms with E-state index in [0.717, 1.165) is 30.0 Å². The second-order valence-corrected chi connectivity index (χ2v) is 6.76. The van der Waals surface area contributed by atoms with Gasteiger partial charge in [0.2, 0.25) is 0 Å². The van der Waals surface area contributed by atoms with Gasteiger partial charge in [0.25, 0.3) is 5.91 Å². The highest BCUT2D eigenvalue weighted by Crippen LogP contribution is 2.30. The van der Waals surface area contributed by atoms with Gasteiger partial charge in [0, 0.05) is 37.3 Å². The molecule has 1 aromatic carbocycles. The van der Waals surface area contributed by atoms with Gasteiger partial charge in [-0.15, -0.1) is 0 Å². The molecule has 1 fully saturated rings. The molecule has 1 saturated heterocycles. The number of amides is 1. The molecule has 5 nitrogen and oxygen atoms in total. The number of likely N-dealkylation sites (tertiary alicyclic amines) is 1. The number of carbonyl (C=O) groups is 1. The molecule has 0 radical (unpaired) electrons. The summed E-state index contributed by atoms with van der Waals surface area (Å²) in [5.74, 6) is 0.684. The second kappa shape index (κ2) is 6.52. The number of hydrogen-bond donors (Lipinski definition) is 0. The van der Waals surface area contributed by atoms with Gasteiger partial charge >= 0.3 is 0 Å². The van der Waals surface area contributed by atoms with E-state index in [1.807, 2.05) is 12.1 Å². The summed E-state index contributed by atoms with van der Waals surface area (Å²) < 4.78 is 15.9. The zero-order valence-corrected chi connectivity index (χ0v) is 14.9. The van der Waals surface area contributed by atoms with Gasteiger partial charge in [0.15, 0.2) is 5.65 Å². The molecule has 0 unspecified atom stereocenters. The molecule has 3 heterocycles. The first-order chi connectivity index (χ1) is 12.6. The molecule has 1 atom stereocenters. The fourth-order valence-electron chi connectivity index (χ4n) is 3.66. The standard InChI is InChI=1S/C20H21FN4O/c1-3-25-18(23-17-5-4-9-22-19(17)25)15-8-10-24(12-15)20(26)14-7-6-13(2)16(21)11-14/h4-7,9,11,15H,3,8,10,12H2,1-2H3/t15-/m0/s1. The molecule has 6 heteroatoms. The summed E-state index contributed by atoms with van der Waals surface area (Å²) >= 11 is 0. The highest BCUT2D eigenvalue weighted by molar-refractivity contribution is 5.94. The lowest BCUT2D eigenvalue weighted by Gasteiger charge is -2.17. The van der Waals surface area contributed by atoms with E-state index in [-0.39, 0.29) is 17.6 Å². The molecule has 0 spiro atoms. The molecule has 26 heavy (non-hydrogen) atoms. The predicted molar refractivity (Wildman–Crippen MR) is 97.6 cm³/mol. The first-order valence-corrected chi connectivity index (χ1v) is 8.95. The number of aromatic nitrogens is 3. The van der Waals surface area contributed by atoms with Gasteiger partial charge in [-0.1, -0.05) is 6.07 Å². The van der Waals surface area contributed by atoms with E-state index in [1.54, 1.807) is 30.2 Å². The third-order valence-corrected chi connectivity index (χ3v) is 5.11. The Hall–Kier alpha value is -2.76. The highest BCUT2D eigenvalue weighted by Gasteiger charge is 2.31. The number of fused-ring (bicyclic) bond motifs is 1. The molecule has 2 aromatic heterocycles. The van der Waals surface area contributed by atoms with Crippen molar-refractivity contribution in [2.45, 2.75) is 32.7 Å². The van der Waals surface area contributed by atoms with Crippen LogP contribution in [0.4, 0.5) is 4.39 Å². The van der Waals surface area contributed by atoms with Crippen molar-refractivity contribution in [2.75, 3.05) is 13.1 Å². The molecule has 1 amide bonds. The number of aryl methyl sites for hydroxylation is 2. The van der Waals surface area contributed by atoms with Crippen LogP contribution in [-0.2, 0) is 6.54 Å². The zero-order chi connectivity index (χ0) is 18.3. The first-order valence-electron chi connectivity index (χ1n) is 8.95. The number of carbonyl (C=O) groups excluding carboxylic acids is 1. The van der Waals surface area contributed by atoms with Crippen LogP contribution in [0.1, 0.15) is 41.0 Å². The SMILES string of the molecule is CCn1c([C@H]2CCN(C(=O)c3ccc(C)c(F)c3)C2)nc2cccnc21. The maximum absolute atomic E-state index is 13.8. The number of imidazole rings is 1. The van der Waals surface area contributed by atoms with Crippen LogP contribution in [0.25, 0.3) is 11.2 Å². The van der Waals surface area contributed by atoms with Crippen molar-refractivity contribution in [3.8, 4) is 0 Å². The smallest absolute Gasteiger partial charge is 0.253 e. The van der Waals surface area contributed by atoms with Crippen molar-refractivity contribution in [1.29, 1.82) is 0 Å². The molecule has 0 aliphatic carbocycles. The summed E-state index contributed by atoms with van der Waals surface area (Å²) in [6.45, 7) is 5.80. The molecule has 1 aliphatic heterocycles. The number of nitrogens with zero attached hydrogens (tertiary/aromatic N) is 4. The maximum Gasteiger partial charge on any atom is 0.253 e. The number of hydrogen-bond acceptors (Lipinski definition) is 3. The topological polar surface area (TPSA) is 51.0 Å². The lowest BCUT2D eigenvalue weighted by atomic mass is 10.1. The third kappa shape index (κ3) is 2.75. The summed E-state index contributed by atoms with van der Waals surface area (Å²) in [6, 6.07) is 8.52. The van der Waals surface area contributed by atoms with Crippen LogP contribution < -0.4 is 0 Å². The summed E-state index contributed by atoms with van der Waals surface area (Å²) in [5, 5.41) is 0.